The molecular weight excluding hydrogens is 405 g/mol. The molecule has 10 heteroatoms. The predicted molar refractivity (Wildman–Crippen MR) is 104 cm³/mol. The summed E-state index contributed by atoms with van der Waals surface area (Å²) in [5.74, 6) is 1.17. The van der Waals surface area contributed by atoms with Crippen molar-refractivity contribution in [2.45, 2.75) is 31.4 Å². The molecule has 1 fully saturated rings. The van der Waals surface area contributed by atoms with Crippen molar-refractivity contribution in [2.24, 2.45) is 0 Å². The van der Waals surface area contributed by atoms with Gasteiger partial charge in [-0.3, -0.25) is 0 Å². The molecule has 1 aromatic carbocycles. The van der Waals surface area contributed by atoms with Crippen LogP contribution in [0.25, 0.3) is 0 Å². The lowest BCUT2D eigenvalue weighted by Crippen LogP contribution is -2.36. The third-order valence-corrected chi connectivity index (χ3v) is 5.32. The van der Waals surface area contributed by atoms with E-state index in [0.29, 0.717) is 17.9 Å². The highest BCUT2D eigenvalue weighted by Gasteiger charge is 2.34. The van der Waals surface area contributed by atoms with Crippen LogP contribution in [-0.4, -0.2) is 48.6 Å². The molecule has 5 nitrogen and oxygen atoms in total. The summed E-state index contributed by atoms with van der Waals surface area (Å²) >= 11 is 5.68. The molecule has 3 rings (SSSR count). The smallest absolute Gasteiger partial charge is 0.420 e. The highest BCUT2D eigenvalue weighted by atomic mass is 35.5. The van der Waals surface area contributed by atoms with Crippen LogP contribution in [0.5, 0.6) is 5.75 Å². The van der Waals surface area contributed by atoms with Crippen LogP contribution in [0.15, 0.2) is 24.4 Å². The number of hydrogen-bond acceptors (Lipinski definition) is 5. The maximum atomic E-state index is 12.8. The van der Waals surface area contributed by atoms with Crippen molar-refractivity contribution in [1.82, 2.24) is 14.8 Å². The Bertz CT molecular complexity index is 874. The number of benzene rings is 1. The molecule has 153 valence electrons. The lowest BCUT2D eigenvalue weighted by Gasteiger charge is -2.31. The third-order valence-electron chi connectivity index (χ3n) is 5.03. The Labute approximate surface area is 172 Å². The lowest BCUT2D eigenvalue weighted by atomic mass is 9.83. The van der Waals surface area contributed by atoms with E-state index >= 15 is 0 Å². The Balaban J connectivity index is 1.74. The number of nitrogens with zero attached hydrogens (tertiary/aromatic N) is 3. The van der Waals surface area contributed by atoms with Gasteiger partial charge in [-0.25, -0.2) is 9.97 Å². The molecule has 2 heterocycles. The fourth-order valence-corrected chi connectivity index (χ4v) is 3.72. The second-order valence-electron chi connectivity index (χ2n) is 6.83. The predicted octanol–water partition coefficient (Wildman–Crippen LogP) is 3.74. The first kappa shape index (κ1) is 21.6. The summed E-state index contributed by atoms with van der Waals surface area (Å²) in [5, 5.41) is -0.614. The summed E-state index contributed by atoms with van der Waals surface area (Å²) in [7, 11) is 3.11. The number of piperidine rings is 1. The van der Waals surface area contributed by atoms with Gasteiger partial charge in [-0.2, -0.15) is 13.2 Å². The Kier molecular flexibility index (Phi) is 6.79. The van der Waals surface area contributed by atoms with Crippen LogP contribution < -0.4 is 4.74 Å². The van der Waals surface area contributed by atoms with E-state index in [1.165, 1.54) is 0 Å². The van der Waals surface area contributed by atoms with Gasteiger partial charge in [-0.15, -0.1) is 0 Å². The van der Waals surface area contributed by atoms with Gasteiger partial charge in [0, 0.05) is 18.2 Å². The monoisotopic (exact) mass is 424 g/mol. The van der Waals surface area contributed by atoms with Crippen molar-refractivity contribution in [3.8, 4) is 5.75 Å². The second kappa shape index (κ2) is 9.13. The molecule has 0 atom stereocenters. The van der Waals surface area contributed by atoms with E-state index < -0.39 is 16.9 Å². The zero-order chi connectivity index (χ0) is 21.0. The van der Waals surface area contributed by atoms with E-state index in [1.54, 1.807) is 14.5 Å². The molecule has 0 saturated carbocycles. The molecule has 0 bridgehead atoms. The topological polar surface area (TPSA) is 55.3 Å². The number of carbonyl (C=O) groups excluding carboxylic acids is 1. The fraction of sp³-hybridized carbons (Fsp3) is 0.421. The van der Waals surface area contributed by atoms with E-state index in [2.05, 4.69) is 9.97 Å². The molecule has 2 aromatic rings. The molecule has 1 aliphatic heterocycles. The third kappa shape index (κ3) is 5.28. The molecule has 0 N–H and O–H groups in total. The number of hydrogen-bond donors (Lipinski definition) is 0. The SMILES string of the molecule is COc1cc(C2CCN([B]C=O)CC2)ccc1Cc1ncc(C(F)(F)F)c(Cl)n1. The molecule has 1 aliphatic rings. The summed E-state index contributed by atoms with van der Waals surface area (Å²) in [6.07, 6.45) is -1.04. The Hall–Kier alpha value is -2.13. The van der Waals surface area contributed by atoms with Crippen LogP contribution >= 0.6 is 11.6 Å². The number of rotatable bonds is 6. The summed E-state index contributed by atoms with van der Waals surface area (Å²) in [6, 6.07) is 5.82. The van der Waals surface area contributed by atoms with E-state index in [-0.39, 0.29) is 12.2 Å². The van der Waals surface area contributed by atoms with Gasteiger partial charge in [0.25, 0.3) is 7.41 Å². The average Bonchev–Trinajstić information content (AvgIpc) is 2.68. The molecule has 0 unspecified atom stereocenters. The van der Waals surface area contributed by atoms with Gasteiger partial charge in [-0.1, -0.05) is 23.7 Å². The fourth-order valence-electron chi connectivity index (χ4n) is 3.47. The normalized spacial score (nSPS) is 15.9. The molecule has 0 spiro atoms. The van der Waals surface area contributed by atoms with Gasteiger partial charge in [0.1, 0.15) is 22.3 Å². The molecule has 1 radical (unpaired) electrons. The number of methoxy groups -OCH3 is 1. The summed E-state index contributed by atoms with van der Waals surface area (Å²) in [4.78, 5) is 20.2. The molecule has 29 heavy (non-hydrogen) atoms. The van der Waals surface area contributed by atoms with Crippen LogP contribution in [-0.2, 0) is 17.4 Å². The van der Waals surface area contributed by atoms with Crippen LogP contribution in [0, 0.1) is 0 Å². The van der Waals surface area contributed by atoms with Gasteiger partial charge < -0.3 is 14.3 Å². The van der Waals surface area contributed by atoms with E-state index in [1.807, 2.05) is 23.0 Å². The van der Waals surface area contributed by atoms with Gasteiger partial charge >= 0.3 is 6.18 Å². The minimum atomic E-state index is -4.59. The molecule has 0 aliphatic carbocycles. The largest absolute Gasteiger partial charge is 0.496 e. The van der Waals surface area contributed by atoms with E-state index in [0.717, 1.165) is 43.2 Å². The highest BCUT2D eigenvalue weighted by Crippen LogP contribution is 2.34. The first-order chi connectivity index (χ1) is 13.8. The van der Waals surface area contributed by atoms with Crippen molar-refractivity contribution in [3.05, 3.63) is 52.1 Å². The maximum absolute atomic E-state index is 12.8. The van der Waals surface area contributed by atoms with Crippen molar-refractivity contribution in [1.29, 1.82) is 0 Å². The second-order valence-corrected chi connectivity index (χ2v) is 7.19. The Morgan fingerprint density at radius 3 is 2.66 bits per heavy atom. The average molecular weight is 425 g/mol. The standard InChI is InChI=1S/C19H19BClF3N3O2/c1-29-16-8-13(12-4-6-27(7-5-12)20-11-28)2-3-14(16)9-17-25-10-15(18(21)26-17)19(22,23)24/h2-3,8,10-12H,4-7,9H2,1H3. The molecule has 1 aromatic heterocycles. The number of carbonyl (C=O) groups is 1. The molecular formula is C19H19BClF3N3O2. The number of aromatic nitrogens is 2. The van der Waals surface area contributed by atoms with Gasteiger partial charge in [-0.05, 0) is 43.5 Å². The van der Waals surface area contributed by atoms with Crippen LogP contribution in [0.1, 0.15) is 41.3 Å². The zero-order valence-corrected chi connectivity index (χ0v) is 16.5. The van der Waals surface area contributed by atoms with Gasteiger partial charge in [0.05, 0.1) is 13.3 Å². The molecule has 1 saturated heterocycles. The minimum Gasteiger partial charge on any atom is -0.496 e. The van der Waals surface area contributed by atoms with Crippen molar-refractivity contribution >= 4 is 25.2 Å². The quantitative estimate of drug-likeness (QED) is 0.402. The van der Waals surface area contributed by atoms with Gasteiger partial charge in [0.15, 0.2) is 0 Å². The number of alkyl halides is 3. The first-order valence-electron chi connectivity index (χ1n) is 9.10. The number of ether oxygens (including phenoxy) is 1. The van der Waals surface area contributed by atoms with E-state index in [4.69, 9.17) is 16.3 Å². The maximum Gasteiger partial charge on any atom is 0.420 e. The van der Waals surface area contributed by atoms with Gasteiger partial charge in [0.2, 0.25) is 0 Å². The highest BCUT2D eigenvalue weighted by molar-refractivity contribution is 6.64. The van der Waals surface area contributed by atoms with Crippen molar-refractivity contribution in [2.75, 3.05) is 20.2 Å². The van der Waals surface area contributed by atoms with Crippen LogP contribution in [0.4, 0.5) is 13.2 Å². The summed E-state index contributed by atoms with van der Waals surface area (Å²) in [6.45, 7) is 1.62. The minimum absolute atomic E-state index is 0.187. The summed E-state index contributed by atoms with van der Waals surface area (Å²) < 4.78 is 43.9. The van der Waals surface area contributed by atoms with Crippen LogP contribution in [0.3, 0.4) is 0 Å². The Morgan fingerprint density at radius 1 is 1.34 bits per heavy atom. The number of halogens is 4. The zero-order valence-electron chi connectivity index (χ0n) is 15.7. The first-order valence-corrected chi connectivity index (χ1v) is 9.47. The molecule has 0 amide bonds. The van der Waals surface area contributed by atoms with Crippen LogP contribution in [0.2, 0.25) is 5.15 Å². The Morgan fingerprint density at radius 2 is 2.07 bits per heavy atom. The van der Waals surface area contributed by atoms with Crippen molar-refractivity contribution < 1.29 is 22.7 Å². The van der Waals surface area contributed by atoms with E-state index in [9.17, 15) is 18.0 Å². The van der Waals surface area contributed by atoms with Crippen molar-refractivity contribution in [3.63, 3.8) is 0 Å². The lowest BCUT2D eigenvalue weighted by molar-refractivity contribution is -0.138. The summed E-state index contributed by atoms with van der Waals surface area (Å²) in [5.41, 5.74) is 0.838.